The topological polar surface area (TPSA) is 129 Å². The Balaban J connectivity index is 2.14. The van der Waals surface area contributed by atoms with E-state index in [-0.39, 0.29) is 29.3 Å². The molecule has 0 atom stereocenters. The Morgan fingerprint density at radius 1 is 1.43 bits per heavy atom. The second-order valence-corrected chi connectivity index (χ2v) is 3.87. The van der Waals surface area contributed by atoms with Crippen molar-refractivity contribution < 1.29 is 33.8 Å². The van der Waals surface area contributed by atoms with Gasteiger partial charge in [0, 0.05) is 0 Å². The van der Waals surface area contributed by atoms with E-state index in [4.69, 9.17) is 15.3 Å². The van der Waals surface area contributed by atoms with Crippen molar-refractivity contribution >= 4 is 11.9 Å². The molecule has 9 heteroatoms. The number of nitrogens with two attached hydrogens (primary N) is 1. The highest BCUT2D eigenvalue weighted by Gasteiger charge is 2.32. The van der Waals surface area contributed by atoms with Crippen LogP contribution in [-0.4, -0.2) is 29.2 Å². The number of para-hydroxylation sites is 1. The van der Waals surface area contributed by atoms with Gasteiger partial charge in [-0.05, 0) is 16.8 Å². The Labute approximate surface area is 118 Å². The Kier molecular flexibility index (Phi) is 4.02. The SMILES string of the molecule is CO[n+]1onc(COC(=O)c2ccccc2O)c1C(N)=O. The molecule has 1 aromatic carbocycles. The predicted molar refractivity (Wildman–Crippen MR) is 64.9 cm³/mol. The van der Waals surface area contributed by atoms with Gasteiger partial charge >= 0.3 is 17.6 Å². The summed E-state index contributed by atoms with van der Waals surface area (Å²) in [6.45, 7) is -0.370. The zero-order valence-corrected chi connectivity index (χ0v) is 11.0. The van der Waals surface area contributed by atoms with Gasteiger partial charge in [-0.1, -0.05) is 12.1 Å². The number of primary amides is 1. The molecule has 0 spiro atoms. The van der Waals surface area contributed by atoms with E-state index in [1.165, 1.54) is 19.2 Å². The average Bonchev–Trinajstić information content (AvgIpc) is 2.88. The first-order valence-corrected chi connectivity index (χ1v) is 5.75. The third-order valence-corrected chi connectivity index (χ3v) is 2.54. The molecule has 21 heavy (non-hydrogen) atoms. The number of phenolic OH excluding ortho intramolecular Hbond substituents is 1. The van der Waals surface area contributed by atoms with E-state index in [1.54, 1.807) is 12.1 Å². The number of carbonyl (C=O) groups excluding carboxylic acids is 2. The number of amides is 1. The minimum Gasteiger partial charge on any atom is -0.507 e. The second kappa shape index (κ2) is 5.90. The van der Waals surface area contributed by atoms with Gasteiger partial charge in [0.25, 0.3) is 5.69 Å². The molecule has 1 amide bonds. The monoisotopic (exact) mass is 294 g/mol. The number of phenols is 1. The number of nitrogens with zero attached hydrogens (tertiary/aromatic N) is 2. The summed E-state index contributed by atoms with van der Waals surface area (Å²) in [6, 6.07) is 5.88. The quantitative estimate of drug-likeness (QED) is 0.689. The normalized spacial score (nSPS) is 10.1. The molecule has 0 saturated heterocycles. The molecule has 0 radical (unpaired) electrons. The Bertz CT molecular complexity index is 681. The number of benzene rings is 1. The summed E-state index contributed by atoms with van der Waals surface area (Å²) >= 11 is 0. The number of hydrogen-bond donors (Lipinski definition) is 2. The van der Waals surface area contributed by atoms with Crippen molar-refractivity contribution in [2.75, 3.05) is 7.11 Å². The van der Waals surface area contributed by atoms with Crippen LogP contribution in [0.2, 0.25) is 0 Å². The van der Waals surface area contributed by atoms with Gasteiger partial charge in [-0.25, -0.2) is 4.79 Å². The van der Waals surface area contributed by atoms with Gasteiger partial charge in [0.15, 0.2) is 11.8 Å². The maximum absolute atomic E-state index is 11.8. The molecule has 110 valence electrons. The van der Waals surface area contributed by atoms with Crippen molar-refractivity contribution in [1.82, 2.24) is 5.16 Å². The summed E-state index contributed by atoms with van der Waals surface area (Å²) in [5, 5.41) is 13.0. The molecule has 0 unspecified atom stereocenters. The van der Waals surface area contributed by atoms with E-state index >= 15 is 0 Å². The standard InChI is InChI=1S/C12H11N3O6/c1-19-15-10(11(13)17)8(14-21-15)6-20-12(18)7-4-2-3-5-9(7)16/h2-5H,6H2,1H3,(H2-,13,16,17,18)/p+1. The van der Waals surface area contributed by atoms with Crippen LogP contribution in [0.25, 0.3) is 0 Å². The molecule has 0 aliphatic heterocycles. The molecule has 2 aromatic rings. The van der Waals surface area contributed by atoms with Gasteiger partial charge in [-0.2, -0.15) is 0 Å². The molecule has 0 bridgehead atoms. The first-order valence-electron chi connectivity index (χ1n) is 5.75. The van der Waals surface area contributed by atoms with Crippen molar-refractivity contribution in [1.29, 1.82) is 0 Å². The van der Waals surface area contributed by atoms with Crippen molar-refractivity contribution in [2.45, 2.75) is 6.61 Å². The van der Waals surface area contributed by atoms with Gasteiger partial charge in [-0.3, -0.25) is 4.79 Å². The maximum atomic E-state index is 11.8. The fraction of sp³-hybridized carbons (Fsp3) is 0.167. The molecule has 0 aliphatic rings. The molecular formula is C12H12N3O6+. The number of aromatic hydroxyl groups is 1. The van der Waals surface area contributed by atoms with Gasteiger partial charge in [0.1, 0.15) is 23.3 Å². The van der Waals surface area contributed by atoms with E-state index in [0.29, 0.717) is 4.90 Å². The first-order chi connectivity index (χ1) is 10.0. The minimum absolute atomic E-state index is 0.00637. The summed E-state index contributed by atoms with van der Waals surface area (Å²) < 4.78 is 9.62. The summed E-state index contributed by atoms with van der Waals surface area (Å²) in [7, 11) is 1.25. The molecule has 2 rings (SSSR count). The number of aromatic nitrogens is 2. The third kappa shape index (κ3) is 2.91. The fourth-order valence-corrected chi connectivity index (χ4v) is 1.59. The minimum atomic E-state index is -0.855. The van der Waals surface area contributed by atoms with Crippen LogP contribution in [0.1, 0.15) is 26.5 Å². The second-order valence-electron chi connectivity index (χ2n) is 3.87. The number of esters is 1. The zero-order valence-electron chi connectivity index (χ0n) is 11.0. The molecule has 0 aliphatic carbocycles. The van der Waals surface area contributed by atoms with Gasteiger partial charge in [0.2, 0.25) is 0 Å². The largest absolute Gasteiger partial charge is 0.507 e. The summed E-state index contributed by atoms with van der Waals surface area (Å²) in [5.41, 5.74) is 4.96. The molecule has 3 N–H and O–H groups in total. The van der Waals surface area contributed by atoms with Crippen molar-refractivity contribution in [3.63, 3.8) is 0 Å². The van der Waals surface area contributed by atoms with Crippen LogP contribution in [0.5, 0.6) is 5.75 Å². The first kappa shape index (κ1) is 14.3. The number of carbonyl (C=O) groups is 2. The van der Waals surface area contributed by atoms with Crippen LogP contribution in [0.4, 0.5) is 0 Å². The van der Waals surface area contributed by atoms with Crippen LogP contribution < -0.4 is 15.5 Å². The zero-order chi connectivity index (χ0) is 15.4. The molecule has 0 saturated carbocycles. The Morgan fingerprint density at radius 2 is 2.14 bits per heavy atom. The molecular weight excluding hydrogens is 282 g/mol. The lowest BCUT2D eigenvalue weighted by atomic mass is 10.2. The highest BCUT2D eigenvalue weighted by molar-refractivity contribution is 5.92. The lowest BCUT2D eigenvalue weighted by Gasteiger charge is -2.03. The van der Waals surface area contributed by atoms with Gasteiger partial charge in [0.05, 0.1) is 0 Å². The van der Waals surface area contributed by atoms with Crippen molar-refractivity contribution in [3.05, 3.63) is 41.2 Å². The fourth-order valence-electron chi connectivity index (χ4n) is 1.59. The third-order valence-electron chi connectivity index (χ3n) is 2.54. The Hall–Kier alpha value is -3.10. The maximum Gasteiger partial charge on any atom is 0.342 e. The number of rotatable bonds is 5. The number of hydrogen-bond acceptors (Lipinski definition) is 7. The van der Waals surface area contributed by atoms with Crippen LogP contribution in [-0.2, 0) is 11.3 Å². The highest BCUT2D eigenvalue weighted by atomic mass is 16.9. The van der Waals surface area contributed by atoms with Crippen molar-refractivity contribution in [3.8, 4) is 5.75 Å². The number of ether oxygens (including phenoxy) is 1. The predicted octanol–water partition coefficient (Wildman–Crippen LogP) is -0.818. The van der Waals surface area contributed by atoms with Crippen LogP contribution in [0, 0.1) is 0 Å². The smallest absolute Gasteiger partial charge is 0.342 e. The van der Waals surface area contributed by atoms with Crippen molar-refractivity contribution in [2.24, 2.45) is 5.73 Å². The summed E-state index contributed by atoms with van der Waals surface area (Å²) in [5.74, 6) is -1.85. The highest BCUT2D eigenvalue weighted by Crippen LogP contribution is 2.17. The van der Waals surface area contributed by atoms with E-state index < -0.39 is 11.9 Å². The van der Waals surface area contributed by atoms with E-state index in [1.807, 2.05) is 0 Å². The molecule has 0 fully saturated rings. The van der Waals surface area contributed by atoms with Crippen LogP contribution in [0.15, 0.2) is 28.9 Å². The van der Waals surface area contributed by atoms with Crippen LogP contribution in [0.3, 0.4) is 0 Å². The summed E-state index contributed by atoms with van der Waals surface area (Å²) in [4.78, 5) is 28.5. The lowest BCUT2D eigenvalue weighted by Crippen LogP contribution is -2.45. The lowest BCUT2D eigenvalue weighted by molar-refractivity contribution is -1.02. The molecule has 9 nitrogen and oxygen atoms in total. The summed E-state index contributed by atoms with van der Waals surface area (Å²) in [6.07, 6.45) is 0. The van der Waals surface area contributed by atoms with Gasteiger partial charge < -0.3 is 20.4 Å². The molecule has 1 aromatic heterocycles. The average molecular weight is 294 g/mol. The molecule has 1 heterocycles. The van der Waals surface area contributed by atoms with E-state index in [9.17, 15) is 14.7 Å². The Morgan fingerprint density at radius 3 is 2.76 bits per heavy atom. The van der Waals surface area contributed by atoms with Crippen LogP contribution >= 0.6 is 0 Å². The van der Waals surface area contributed by atoms with Gasteiger partial charge in [-0.15, -0.1) is 0 Å². The van der Waals surface area contributed by atoms with E-state index in [2.05, 4.69) is 9.79 Å². The van der Waals surface area contributed by atoms with E-state index in [0.717, 1.165) is 0 Å².